The summed E-state index contributed by atoms with van der Waals surface area (Å²) < 4.78 is 1.01. The average Bonchev–Trinajstić information content (AvgIpc) is 2.73. The maximum Gasteiger partial charge on any atom is 0.337 e. The number of thiophene rings is 1. The molecular formula is C10H8BrNO2S. The molecule has 2 heterocycles. The molecule has 0 saturated carbocycles. The van der Waals surface area contributed by atoms with Crippen molar-refractivity contribution in [2.45, 2.75) is 6.92 Å². The molecule has 0 aliphatic rings. The maximum atomic E-state index is 10.9. The van der Waals surface area contributed by atoms with Crippen LogP contribution in [0.2, 0.25) is 0 Å². The largest absolute Gasteiger partial charge is 0.478 e. The number of hydrogen-bond donors (Lipinski definition) is 2. The minimum atomic E-state index is -0.909. The highest BCUT2D eigenvalue weighted by molar-refractivity contribution is 9.10. The van der Waals surface area contributed by atoms with Crippen molar-refractivity contribution in [3.05, 3.63) is 33.4 Å². The molecule has 3 nitrogen and oxygen atoms in total. The normalized spacial score (nSPS) is 10.5. The predicted molar refractivity (Wildman–Crippen MR) is 63.5 cm³/mol. The number of aromatic nitrogens is 1. The number of aromatic amines is 1. The number of aromatic carboxylic acids is 1. The number of H-pyrrole nitrogens is 1. The van der Waals surface area contributed by atoms with Gasteiger partial charge in [0.15, 0.2) is 0 Å². The van der Waals surface area contributed by atoms with E-state index in [-0.39, 0.29) is 0 Å². The summed E-state index contributed by atoms with van der Waals surface area (Å²) in [6.45, 7) is 1.99. The Hall–Kier alpha value is -1.07. The van der Waals surface area contributed by atoms with Gasteiger partial charge >= 0.3 is 5.97 Å². The van der Waals surface area contributed by atoms with Gasteiger partial charge in [-0.1, -0.05) is 0 Å². The SMILES string of the molecule is Cc1sc(-c2c[nH]cc2C(=O)O)cc1Br. The van der Waals surface area contributed by atoms with Crippen LogP contribution in [0.15, 0.2) is 22.9 Å². The molecule has 0 aliphatic carbocycles. The van der Waals surface area contributed by atoms with Crippen LogP contribution in [0.4, 0.5) is 0 Å². The molecule has 0 spiro atoms. The van der Waals surface area contributed by atoms with Crippen molar-refractivity contribution in [3.8, 4) is 10.4 Å². The lowest BCUT2D eigenvalue weighted by Crippen LogP contribution is -1.94. The van der Waals surface area contributed by atoms with Gasteiger partial charge in [0, 0.05) is 32.2 Å². The Balaban J connectivity index is 2.54. The van der Waals surface area contributed by atoms with E-state index in [4.69, 9.17) is 5.11 Å². The second-order valence-corrected chi connectivity index (χ2v) is 5.21. The van der Waals surface area contributed by atoms with Crippen molar-refractivity contribution < 1.29 is 9.90 Å². The molecule has 0 aliphatic heterocycles. The molecule has 0 aromatic carbocycles. The first-order chi connectivity index (χ1) is 7.09. The Bertz CT molecular complexity index is 496. The van der Waals surface area contributed by atoms with E-state index in [1.165, 1.54) is 6.20 Å². The van der Waals surface area contributed by atoms with Gasteiger partial charge in [0.05, 0.1) is 5.56 Å². The first-order valence-corrected chi connectivity index (χ1v) is 5.87. The number of halogens is 1. The molecule has 15 heavy (non-hydrogen) atoms. The van der Waals surface area contributed by atoms with Gasteiger partial charge in [0.1, 0.15) is 0 Å². The summed E-state index contributed by atoms with van der Waals surface area (Å²) in [6.07, 6.45) is 3.21. The van der Waals surface area contributed by atoms with Crippen molar-refractivity contribution in [1.82, 2.24) is 4.98 Å². The van der Waals surface area contributed by atoms with Gasteiger partial charge in [-0.2, -0.15) is 0 Å². The first kappa shape index (κ1) is 10.4. The summed E-state index contributed by atoms with van der Waals surface area (Å²) in [4.78, 5) is 15.8. The minimum Gasteiger partial charge on any atom is -0.478 e. The molecule has 78 valence electrons. The van der Waals surface area contributed by atoms with E-state index >= 15 is 0 Å². The Morgan fingerprint density at radius 3 is 2.80 bits per heavy atom. The van der Waals surface area contributed by atoms with Crippen LogP contribution in [0.1, 0.15) is 15.2 Å². The first-order valence-electron chi connectivity index (χ1n) is 4.26. The monoisotopic (exact) mass is 285 g/mol. The van der Waals surface area contributed by atoms with E-state index < -0.39 is 5.97 Å². The summed E-state index contributed by atoms with van der Waals surface area (Å²) >= 11 is 4.99. The topological polar surface area (TPSA) is 53.1 Å². The number of hydrogen-bond acceptors (Lipinski definition) is 2. The second kappa shape index (κ2) is 3.83. The van der Waals surface area contributed by atoms with Gasteiger partial charge in [0.25, 0.3) is 0 Å². The van der Waals surface area contributed by atoms with Crippen LogP contribution in [0.25, 0.3) is 10.4 Å². The van der Waals surface area contributed by atoms with Gasteiger partial charge in [0.2, 0.25) is 0 Å². The fourth-order valence-electron chi connectivity index (χ4n) is 1.34. The van der Waals surface area contributed by atoms with E-state index in [1.54, 1.807) is 17.5 Å². The Labute approximate surface area is 98.9 Å². The molecule has 2 aromatic rings. The average molecular weight is 286 g/mol. The fraction of sp³-hybridized carbons (Fsp3) is 0.100. The highest BCUT2D eigenvalue weighted by Gasteiger charge is 2.14. The van der Waals surface area contributed by atoms with Gasteiger partial charge in [-0.25, -0.2) is 4.79 Å². The third-order valence-corrected chi connectivity index (χ3v) is 4.27. The number of rotatable bonds is 2. The van der Waals surface area contributed by atoms with Crippen LogP contribution in [0.5, 0.6) is 0 Å². The smallest absolute Gasteiger partial charge is 0.337 e. The van der Waals surface area contributed by atoms with Crippen molar-refractivity contribution >= 4 is 33.2 Å². The molecule has 0 atom stereocenters. The van der Waals surface area contributed by atoms with E-state index in [0.717, 1.165) is 19.8 Å². The quantitative estimate of drug-likeness (QED) is 0.887. The highest BCUT2D eigenvalue weighted by Crippen LogP contribution is 2.35. The zero-order valence-corrected chi connectivity index (χ0v) is 10.3. The zero-order chi connectivity index (χ0) is 11.0. The van der Waals surface area contributed by atoms with Gasteiger partial charge < -0.3 is 10.1 Å². The Morgan fingerprint density at radius 2 is 2.27 bits per heavy atom. The molecule has 0 unspecified atom stereocenters. The molecular weight excluding hydrogens is 278 g/mol. The summed E-state index contributed by atoms with van der Waals surface area (Å²) in [5.41, 5.74) is 1.05. The standard InChI is InChI=1S/C10H8BrNO2S/c1-5-8(11)2-9(15-5)6-3-12-4-7(6)10(13)14/h2-4,12H,1H3,(H,13,14). The van der Waals surface area contributed by atoms with Gasteiger partial charge in [-0.15, -0.1) is 11.3 Å². The van der Waals surface area contributed by atoms with E-state index in [9.17, 15) is 4.79 Å². The maximum absolute atomic E-state index is 10.9. The predicted octanol–water partition coefficient (Wildman–Crippen LogP) is 3.51. The molecule has 2 aromatic heterocycles. The lowest BCUT2D eigenvalue weighted by Gasteiger charge is -1.94. The fourth-order valence-corrected chi connectivity index (χ4v) is 2.90. The second-order valence-electron chi connectivity index (χ2n) is 3.10. The van der Waals surface area contributed by atoms with Gasteiger partial charge in [-0.05, 0) is 28.9 Å². The van der Waals surface area contributed by atoms with Crippen molar-refractivity contribution in [3.63, 3.8) is 0 Å². The Morgan fingerprint density at radius 1 is 1.53 bits per heavy atom. The van der Waals surface area contributed by atoms with Crippen molar-refractivity contribution in [2.24, 2.45) is 0 Å². The minimum absolute atomic E-state index is 0.309. The molecule has 0 bridgehead atoms. The third-order valence-electron chi connectivity index (χ3n) is 2.10. The number of carbonyl (C=O) groups is 1. The third kappa shape index (κ3) is 1.85. The van der Waals surface area contributed by atoms with E-state index in [2.05, 4.69) is 20.9 Å². The van der Waals surface area contributed by atoms with Crippen LogP contribution < -0.4 is 0 Å². The van der Waals surface area contributed by atoms with E-state index in [1.807, 2.05) is 13.0 Å². The molecule has 0 fully saturated rings. The van der Waals surface area contributed by atoms with Gasteiger partial charge in [-0.3, -0.25) is 0 Å². The summed E-state index contributed by atoms with van der Waals surface area (Å²) in [5, 5.41) is 8.96. The zero-order valence-electron chi connectivity index (χ0n) is 7.87. The summed E-state index contributed by atoms with van der Waals surface area (Å²) in [6, 6.07) is 1.94. The van der Waals surface area contributed by atoms with E-state index in [0.29, 0.717) is 5.56 Å². The lowest BCUT2D eigenvalue weighted by molar-refractivity contribution is 0.0698. The molecule has 2 rings (SSSR count). The van der Waals surface area contributed by atoms with Crippen LogP contribution in [0, 0.1) is 6.92 Å². The molecule has 0 radical (unpaired) electrons. The summed E-state index contributed by atoms with van der Waals surface area (Å²) in [7, 11) is 0. The van der Waals surface area contributed by atoms with Crippen molar-refractivity contribution in [2.75, 3.05) is 0 Å². The molecule has 5 heteroatoms. The number of nitrogens with one attached hydrogen (secondary N) is 1. The van der Waals surface area contributed by atoms with Crippen molar-refractivity contribution in [1.29, 1.82) is 0 Å². The molecule has 0 amide bonds. The van der Waals surface area contributed by atoms with Crippen LogP contribution in [-0.4, -0.2) is 16.1 Å². The summed E-state index contributed by atoms with van der Waals surface area (Å²) in [5.74, 6) is -0.909. The number of carboxylic acid groups (broad SMARTS) is 1. The van der Waals surface area contributed by atoms with Crippen LogP contribution in [0.3, 0.4) is 0 Å². The van der Waals surface area contributed by atoms with Crippen LogP contribution in [-0.2, 0) is 0 Å². The number of carboxylic acids is 1. The number of aryl methyl sites for hydroxylation is 1. The molecule has 2 N–H and O–H groups in total. The lowest BCUT2D eigenvalue weighted by atomic mass is 10.2. The Kier molecular flexibility index (Phi) is 2.67. The van der Waals surface area contributed by atoms with Crippen LogP contribution >= 0.6 is 27.3 Å². The molecule has 0 saturated heterocycles. The highest BCUT2D eigenvalue weighted by atomic mass is 79.9.